The molecule has 4 aromatic rings. The zero-order valence-electron chi connectivity index (χ0n) is 32.5. The Balaban J connectivity index is 0.965. The molecule has 10 nitrogen and oxygen atoms in total. The fourth-order valence-electron chi connectivity index (χ4n) is 9.85. The second-order valence-electron chi connectivity index (χ2n) is 16.8. The van der Waals surface area contributed by atoms with Gasteiger partial charge in [-0.25, -0.2) is 14.4 Å². The van der Waals surface area contributed by atoms with E-state index in [2.05, 4.69) is 29.0 Å². The average molecular weight is 768 g/mol. The largest absolute Gasteiger partial charge is 0.481 e. The van der Waals surface area contributed by atoms with Gasteiger partial charge in [0.05, 0.1) is 27.5 Å². The van der Waals surface area contributed by atoms with E-state index in [1.165, 1.54) is 0 Å². The van der Waals surface area contributed by atoms with Gasteiger partial charge in [0.25, 0.3) is 5.91 Å². The summed E-state index contributed by atoms with van der Waals surface area (Å²) < 4.78 is 19.7. The van der Waals surface area contributed by atoms with Crippen LogP contribution in [0.25, 0.3) is 23.0 Å². The van der Waals surface area contributed by atoms with Gasteiger partial charge in [-0.2, -0.15) is 0 Å². The Kier molecular flexibility index (Phi) is 9.79. The molecule has 2 aliphatic heterocycles. The lowest BCUT2D eigenvalue weighted by Gasteiger charge is -2.32. The van der Waals surface area contributed by atoms with Crippen molar-refractivity contribution in [1.29, 1.82) is 0 Å². The van der Waals surface area contributed by atoms with Crippen molar-refractivity contribution in [2.75, 3.05) is 25.0 Å². The zero-order valence-corrected chi connectivity index (χ0v) is 33.3. The molecular formula is C43H51ClFN7O3. The fourth-order valence-corrected chi connectivity index (χ4v) is 10.1. The number of anilines is 1. The second kappa shape index (κ2) is 14.3. The van der Waals surface area contributed by atoms with Gasteiger partial charge in [-0.3, -0.25) is 19.4 Å². The van der Waals surface area contributed by atoms with Gasteiger partial charge in [0, 0.05) is 76.1 Å². The Morgan fingerprint density at radius 3 is 2.31 bits per heavy atom. The van der Waals surface area contributed by atoms with E-state index in [9.17, 15) is 14.7 Å². The molecule has 4 heterocycles. The third-order valence-corrected chi connectivity index (χ3v) is 13.8. The first-order chi connectivity index (χ1) is 26.3. The number of aromatic nitrogens is 4. The van der Waals surface area contributed by atoms with Crippen LogP contribution < -0.4 is 5.32 Å². The highest BCUT2D eigenvalue weighted by atomic mass is 35.5. The number of fused-ring (bicyclic) bond motifs is 4. The maximum Gasteiger partial charge on any atom is 0.309 e. The molecule has 4 aliphatic rings. The summed E-state index contributed by atoms with van der Waals surface area (Å²) in [6.45, 7) is 10.4. The summed E-state index contributed by atoms with van der Waals surface area (Å²) in [6.07, 6.45) is 8.58. The Bertz CT molecular complexity index is 2210. The highest BCUT2D eigenvalue weighted by Gasteiger charge is 2.57. The topological polar surface area (TPSA) is 109 Å². The van der Waals surface area contributed by atoms with Crippen molar-refractivity contribution >= 4 is 41.1 Å². The minimum absolute atomic E-state index is 0.143. The van der Waals surface area contributed by atoms with Crippen LogP contribution in [0.4, 0.5) is 10.1 Å². The van der Waals surface area contributed by atoms with Crippen molar-refractivity contribution in [2.24, 2.45) is 24.9 Å². The predicted octanol–water partition coefficient (Wildman–Crippen LogP) is 8.05. The van der Waals surface area contributed by atoms with E-state index < -0.39 is 17.2 Å². The second-order valence-corrected chi connectivity index (χ2v) is 17.1. The number of aliphatic carboxylic acids is 1. The Morgan fingerprint density at radius 1 is 0.945 bits per heavy atom. The smallest absolute Gasteiger partial charge is 0.309 e. The maximum absolute atomic E-state index is 16.0. The summed E-state index contributed by atoms with van der Waals surface area (Å²) in [6, 6.07) is 11.7. The normalized spacial score (nSPS) is 22.7. The van der Waals surface area contributed by atoms with E-state index in [0.717, 1.165) is 123 Å². The van der Waals surface area contributed by atoms with Crippen molar-refractivity contribution in [3.63, 3.8) is 0 Å². The van der Waals surface area contributed by atoms with Crippen molar-refractivity contribution in [1.82, 2.24) is 28.9 Å². The van der Waals surface area contributed by atoms with E-state index in [0.29, 0.717) is 34.9 Å². The molecule has 2 fully saturated rings. The number of imidazole rings is 2. The molecular weight excluding hydrogens is 717 g/mol. The molecule has 2 N–H and O–H groups in total. The monoisotopic (exact) mass is 767 g/mol. The van der Waals surface area contributed by atoms with Crippen LogP contribution in [0.3, 0.4) is 0 Å². The number of carboxylic acid groups (broad SMARTS) is 1. The van der Waals surface area contributed by atoms with Crippen LogP contribution >= 0.6 is 11.6 Å². The minimum Gasteiger partial charge on any atom is -0.481 e. The lowest BCUT2D eigenvalue weighted by atomic mass is 9.80. The lowest BCUT2D eigenvalue weighted by molar-refractivity contribution is -0.148. The van der Waals surface area contributed by atoms with Crippen molar-refractivity contribution < 1.29 is 19.1 Å². The number of rotatable bonds is 10. The van der Waals surface area contributed by atoms with Crippen molar-refractivity contribution in [3.05, 3.63) is 87.0 Å². The third kappa shape index (κ3) is 6.72. The standard InChI is InChI=1S/C43H51ClFN7O3/c1-26(2)52-20-13-36-34(24-52)46-38(49(36)4)31(45)22-28-8-6-9-29(27(28)3)30-10-7-11-32(37(30)44)48-40(53)39-47-33-23-51(19-12-35(33)50(39)5)21-18-42-14-16-43(25-42,17-15-42)41(54)55/h6-11,22,26H,12-21,23-25H2,1-5H3,(H,48,53)(H,54,55)/b31-22-. The van der Waals surface area contributed by atoms with Gasteiger partial charge < -0.3 is 19.6 Å². The van der Waals surface area contributed by atoms with Crippen LogP contribution in [0.2, 0.25) is 5.02 Å². The number of amides is 1. The van der Waals surface area contributed by atoms with E-state index in [1.807, 2.05) is 60.5 Å². The van der Waals surface area contributed by atoms with Crippen LogP contribution in [0, 0.1) is 17.8 Å². The minimum atomic E-state index is -0.621. The number of carbonyl (C=O) groups excluding carboxylic acids is 1. The van der Waals surface area contributed by atoms with Crippen LogP contribution in [0.5, 0.6) is 0 Å². The van der Waals surface area contributed by atoms with E-state index >= 15 is 4.39 Å². The van der Waals surface area contributed by atoms with Gasteiger partial charge in [-0.15, -0.1) is 0 Å². The summed E-state index contributed by atoms with van der Waals surface area (Å²) in [5.41, 5.74) is 7.24. The van der Waals surface area contributed by atoms with Crippen LogP contribution in [-0.4, -0.2) is 71.6 Å². The quantitative estimate of drug-likeness (QED) is 0.168. The molecule has 55 heavy (non-hydrogen) atoms. The van der Waals surface area contributed by atoms with Crippen LogP contribution in [0.15, 0.2) is 36.4 Å². The molecule has 0 radical (unpaired) electrons. The van der Waals surface area contributed by atoms with Gasteiger partial charge in [0.2, 0.25) is 0 Å². The van der Waals surface area contributed by atoms with Gasteiger partial charge in [0.15, 0.2) is 17.5 Å². The third-order valence-electron chi connectivity index (χ3n) is 13.4. The van der Waals surface area contributed by atoms with E-state index in [1.54, 1.807) is 12.1 Å². The molecule has 2 aromatic heterocycles. The molecule has 2 bridgehead atoms. The van der Waals surface area contributed by atoms with E-state index in [-0.39, 0.29) is 11.3 Å². The highest BCUT2D eigenvalue weighted by Crippen LogP contribution is 2.63. The number of nitrogens with zero attached hydrogens (tertiary/aromatic N) is 6. The van der Waals surface area contributed by atoms with Gasteiger partial charge in [-0.05, 0) is 100 Å². The summed E-state index contributed by atoms with van der Waals surface area (Å²) in [7, 11) is 3.77. The van der Waals surface area contributed by atoms with Gasteiger partial charge >= 0.3 is 5.97 Å². The molecule has 290 valence electrons. The van der Waals surface area contributed by atoms with Crippen LogP contribution in [-0.2, 0) is 44.8 Å². The number of halogens is 2. The molecule has 0 saturated heterocycles. The number of benzene rings is 2. The van der Waals surface area contributed by atoms with Crippen LogP contribution in [0.1, 0.15) is 103 Å². The molecule has 12 heteroatoms. The van der Waals surface area contributed by atoms with Crippen molar-refractivity contribution in [2.45, 2.75) is 91.3 Å². The Labute approximate surface area is 327 Å². The molecule has 0 atom stereocenters. The maximum atomic E-state index is 16.0. The first-order valence-electron chi connectivity index (χ1n) is 19.6. The predicted molar refractivity (Wildman–Crippen MR) is 213 cm³/mol. The van der Waals surface area contributed by atoms with Gasteiger partial charge in [0.1, 0.15) is 0 Å². The van der Waals surface area contributed by atoms with Gasteiger partial charge in [-0.1, -0.05) is 41.9 Å². The Morgan fingerprint density at radius 2 is 1.60 bits per heavy atom. The number of carbonyl (C=O) groups is 2. The van der Waals surface area contributed by atoms with E-state index in [4.69, 9.17) is 21.6 Å². The lowest BCUT2D eigenvalue weighted by Crippen LogP contribution is -2.36. The zero-order chi connectivity index (χ0) is 38.8. The number of hydrogen-bond donors (Lipinski definition) is 2. The SMILES string of the molecule is Cc1c(/C=C(\F)c2nc3c(n2C)CCN(C(C)C)C3)cccc1-c1cccc(NC(=O)c2nc3c(n2C)CCN(CCC24CCC(C(=O)O)(CC2)C4)C3)c1Cl. The first kappa shape index (κ1) is 37.6. The molecule has 1 amide bonds. The summed E-state index contributed by atoms with van der Waals surface area (Å²) in [5, 5.41) is 13.2. The molecule has 8 rings (SSSR count). The number of nitrogens with one attached hydrogen (secondary N) is 1. The highest BCUT2D eigenvalue weighted by molar-refractivity contribution is 6.36. The molecule has 0 unspecified atom stereocenters. The molecule has 2 aliphatic carbocycles. The molecule has 0 spiro atoms. The Hall–Kier alpha value is -4.32. The summed E-state index contributed by atoms with van der Waals surface area (Å²) in [4.78, 5) is 40.0. The first-order valence-corrected chi connectivity index (χ1v) is 20.0. The number of hydrogen-bond acceptors (Lipinski definition) is 6. The number of carboxylic acids is 1. The average Bonchev–Trinajstić information content (AvgIpc) is 3.92. The summed E-state index contributed by atoms with van der Waals surface area (Å²) >= 11 is 7.03. The fraction of sp³-hybridized carbons (Fsp3) is 0.488. The van der Waals surface area contributed by atoms with Crippen molar-refractivity contribution in [3.8, 4) is 11.1 Å². The molecule has 2 aromatic carbocycles. The summed E-state index contributed by atoms with van der Waals surface area (Å²) in [5.74, 6) is -0.693. The molecule has 2 saturated carbocycles.